The minimum atomic E-state index is -3.48. The summed E-state index contributed by atoms with van der Waals surface area (Å²) >= 11 is 0. The molecule has 1 heterocycles. The number of benzene rings is 2. The topological polar surface area (TPSA) is 74.8 Å². The number of hydrogen-bond donors (Lipinski definition) is 2. The average molecular weight is 329 g/mol. The number of aromatic nitrogens is 2. The predicted octanol–water partition coefficient (Wildman–Crippen LogP) is 2.65. The van der Waals surface area contributed by atoms with Crippen molar-refractivity contribution in [3.63, 3.8) is 0 Å². The van der Waals surface area contributed by atoms with E-state index in [0.29, 0.717) is 17.9 Å². The van der Waals surface area contributed by atoms with Gasteiger partial charge in [0.2, 0.25) is 10.0 Å². The summed E-state index contributed by atoms with van der Waals surface area (Å²) in [4.78, 5) is 7.92. The first kappa shape index (κ1) is 15.7. The number of H-pyrrole nitrogens is 1. The van der Waals surface area contributed by atoms with E-state index in [-0.39, 0.29) is 0 Å². The van der Waals surface area contributed by atoms with Gasteiger partial charge in [-0.3, -0.25) is 0 Å². The summed E-state index contributed by atoms with van der Waals surface area (Å²) in [6.07, 6.45) is 1.40. The van der Waals surface area contributed by atoms with E-state index in [9.17, 15) is 8.42 Å². The summed E-state index contributed by atoms with van der Waals surface area (Å²) in [5.74, 6) is 0.773. The van der Waals surface area contributed by atoms with Crippen LogP contribution in [0.2, 0.25) is 0 Å². The number of fused-ring (bicyclic) bond motifs is 1. The van der Waals surface area contributed by atoms with E-state index in [1.807, 2.05) is 43.3 Å². The van der Waals surface area contributed by atoms with E-state index >= 15 is 0 Å². The Morgan fingerprint density at radius 2 is 1.83 bits per heavy atom. The summed E-state index contributed by atoms with van der Waals surface area (Å²) < 4.78 is 27.1. The quantitative estimate of drug-likeness (QED) is 0.730. The number of nitrogens with zero attached hydrogens (tertiary/aromatic N) is 1. The highest BCUT2D eigenvalue weighted by molar-refractivity contribution is 7.89. The molecule has 0 unspecified atom stereocenters. The van der Waals surface area contributed by atoms with Gasteiger partial charge in [0.05, 0.1) is 15.9 Å². The number of hydrogen-bond acceptors (Lipinski definition) is 3. The van der Waals surface area contributed by atoms with Crippen molar-refractivity contribution < 1.29 is 8.42 Å². The molecule has 1 aromatic heterocycles. The average Bonchev–Trinajstić information content (AvgIpc) is 2.97. The third kappa shape index (κ3) is 3.60. The molecule has 0 radical (unpaired) electrons. The number of nitrogens with one attached hydrogen (secondary N) is 2. The van der Waals surface area contributed by atoms with Crippen LogP contribution in [0.15, 0.2) is 53.4 Å². The fourth-order valence-corrected chi connectivity index (χ4v) is 3.45. The minimum Gasteiger partial charge on any atom is -0.342 e. The smallest absolute Gasteiger partial charge is 0.240 e. The summed E-state index contributed by atoms with van der Waals surface area (Å²) in [6.45, 7) is 2.34. The number of para-hydroxylation sites is 2. The summed E-state index contributed by atoms with van der Waals surface area (Å²) in [5, 5.41) is 0. The molecule has 2 aromatic carbocycles. The van der Waals surface area contributed by atoms with E-state index in [1.165, 1.54) is 0 Å². The van der Waals surface area contributed by atoms with E-state index in [2.05, 4.69) is 14.7 Å². The Bertz CT molecular complexity index is 866. The molecule has 0 aliphatic carbocycles. The molecule has 6 heteroatoms. The van der Waals surface area contributed by atoms with E-state index < -0.39 is 10.0 Å². The van der Waals surface area contributed by atoms with Gasteiger partial charge in [-0.2, -0.15) is 0 Å². The lowest BCUT2D eigenvalue weighted by Gasteiger charge is -2.06. The molecule has 0 atom stereocenters. The van der Waals surface area contributed by atoms with Gasteiger partial charge in [-0.1, -0.05) is 31.2 Å². The maximum absolute atomic E-state index is 12.3. The molecular weight excluding hydrogens is 310 g/mol. The van der Waals surface area contributed by atoms with Crippen molar-refractivity contribution in [3.05, 3.63) is 59.9 Å². The zero-order valence-corrected chi connectivity index (χ0v) is 13.7. The lowest BCUT2D eigenvalue weighted by atomic mass is 10.2. The summed E-state index contributed by atoms with van der Waals surface area (Å²) in [6, 6.07) is 14.7. The van der Waals surface area contributed by atoms with Crippen LogP contribution in [0.25, 0.3) is 11.0 Å². The summed E-state index contributed by atoms with van der Waals surface area (Å²) in [7, 11) is -3.48. The van der Waals surface area contributed by atoms with Gasteiger partial charge in [-0.15, -0.1) is 0 Å². The Kier molecular flexibility index (Phi) is 4.45. The predicted molar refractivity (Wildman–Crippen MR) is 90.8 cm³/mol. The van der Waals surface area contributed by atoms with Crippen LogP contribution in [-0.4, -0.2) is 24.9 Å². The number of imidazole rings is 1. The van der Waals surface area contributed by atoms with Crippen LogP contribution >= 0.6 is 0 Å². The number of sulfonamides is 1. The Labute approximate surface area is 135 Å². The van der Waals surface area contributed by atoms with E-state index in [4.69, 9.17) is 0 Å². The van der Waals surface area contributed by atoms with Gasteiger partial charge in [0, 0.05) is 13.0 Å². The Balaban J connectivity index is 1.64. The van der Waals surface area contributed by atoms with Gasteiger partial charge in [0.1, 0.15) is 5.82 Å². The second kappa shape index (κ2) is 6.52. The minimum absolute atomic E-state index is 0.291. The van der Waals surface area contributed by atoms with Crippen molar-refractivity contribution in [3.8, 4) is 0 Å². The highest BCUT2D eigenvalue weighted by Crippen LogP contribution is 2.12. The maximum atomic E-state index is 12.3. The normalized spacial score (nSPS) is 11.9. The van der Waals surface area contributed by atoms with Gasteiger partial charge >= 0.3 is 0 Å². The van der Waals surface area contributed by atoms with Crippen molar-refractivity contribution >= 4 is 21.1 Å². The SMILES string of the molecule is CCc1ccc(S(=O)(=O)NCCc2nc3ccccc3[nH]2)cc1. The van der Waals surface area contributed by atoms with Crippen molar-refractivity contribution in [2.45, 2.75) is 24.7 Å². The molecule has 3 aromatic rings. The van der Waals surface area contributed by atoms with E-state index in [1.54, 1.807) is 12.1 Å². The van der Waals surface area contributed by atoms with Gasteiger partial charge in [0.25, 0.3) is 0 Å². The second-order valence-electron chi connectivity index (χ2n) is 5.35. The largest absolute Gasteiger partial charge is 0.342 e. The first-order valence-corrected chi connectivity index (χ1v) is 9.09. The molecular formula is C17H19N3O2S. The number of aromatic amines is 1. The number of rotatable bonds is 6. The fourth-order valence-electron chi connectivity index (χ4n) is 2.42. The van der Waals surface area contributed by atoms with E-state index in [0.717, 1.165) is 28.8 Å². The maximum Gasteiger partial charge on any atom is 0.240 e. The molecule has 3 rings (SSSR count). The highest BCUT2D eigenvalue weighted by atomic mass is 32.2. The molecule has 0 amide bonds. The molecule has 5 nitrogen and oxygen atoms in total. The van der Waals surface area contributed by atoms with Crippen molar-refractivity contribution in [1.82, 2.24) is 14.7 Å². The molecule has 0 saturated heterocycles. The molecule has 0 fully saturated rings. The third-order valence-electron chi connectivity index (χ3n) is 3.73. The first-order chi connectivity index (χ1) is 11.1. The van der Waals surface area contributed by atoms with Crippen molar-refractivity contribution in [2.75, 3.05) is 6.54 Å². The van der Waals surface area contributed by atoms with Crippen LogP contribution < -0.4 is 4.72 Å². The molecule has 0 aliphatic heterocycles. The van der Waals surface area contributed by atoms with Crippen LogP contribution in [0.5, 0.6) is 0 Å². The third-order valence-corrected chi connectivity index (χ3v) is 5.21. The monoisotopic (exact) mass is 329 g/mol. The number of aryl methyl sites for hydroxylation is 1. The lowest BCUT2D eigenvalue weighted by Crippen LogP contribution is -2.26. The molecule has 0 saturated carbocycles. The van der Waals surface area contributed by atoms with Crippen LogP contribution in [-0.2, 0) is 22.9 Å². The Morgan fingerprint density at radius 3 is 2.52 bits per heavy atom. The highest BCUT2D eigenvalue weighted by Gasteiger charge is 2.13. The van der Waals surface area contributed by atoms with Gasteiger partial charge < -0.3 is 4.98 Å². The molecule has 0 spiro atoms. The second-order valence-corrected chi connectivity index (χ2v) is 7.11. The Hall–Kier alpha value is -2.18. The Morgan fingerprint density at radius 1 is 1.09 bits per heavy atom. The molecule has 2 N–H and O–H groups in total. The lowest BCUT2D eigenvalue weighted by molar-refractivity contribution is 0.581. The first-order valence-electron chi connectivity index (χ1n) is 7.61. The van der Waals surface area contributed by atoms with Crippen LogP contribution in [0, 0.1) is 0 Å². The van der Waals surface area contributed by atoms with Gasteiger partial charge in [-0.05, 0) is 36.2 Å². The molecule has 0 bridgehead atoms. The molecule has 0 aliphatic rings. The molecule has 120 valence electrons. The zero-order chi connectivity index (χ0) is 16.3. The van der Waals surface area contributed by atoms with Gasteiger partial charge in [0.15, 0.2) is 0 Å². The van der Waals surface area contributed by atoms with Crippen molar-refractivity contribution in [2.24, 2.45) is 0 Å². The van der Waals surface area contributed by atoms with Gasteiger partial charge in [-0.25, -0.2) is 18.1 Å². The fraction of sp³-hybridized carbons (Fsp3) is 0.235. The van der Waals surface area contributed by atoms with Crippen molar-refractivity contribution in [1.29, 1.82) is 0 Å². The van der Waals surface area contributed by atoms with Crippen LogP contribution in [0.1, 0.15) is 18.3 Å². The molecule has 23 heavy (non-hydrogen) atoms. The zero-order valence-electron chi connectivity index (χ0n) is 12.9. The van der Waals surface area contributed by atoms with Crippen LogP contribution in [0.3, 0.4) is 0 Å². The van der Waals surface area contributed by atoms with Crippen LogP contribution in [0.4, 0.5) is 0 Å². The summed E-state index contributed by atoms with van der Waals surface area (Å²) in [5.41, 5.74) is 2.97. The standard InChI is InChI=1S/C17H19N3O2S/c1-2-13-7-9-14(10-8-13)23(21,22)18-12-11-17-19-15-5-3-4-6-16(15)20-17/h3-10,18H,2,11-12H2,1H3,(H,19,20).